The van der Waals surface area contributed by atoms with Crippen LogP contribution in [0.5, 0.6) is 0 Å². The van der Waals surface area contributed by atoms with Gasteiger partial charge < -0.3 is 40.1 Å². The molecule has 0 unspecified atom stereocenters. The molecule has 0 fully saturated rings. The zero-order chi connectivity index (χ0) is 29.2. The number of amides is 2. The molecule has 40 heavy (non-hydrogen) atoms. The van der Waals surface area contributed by atoms with Gasteiger partial charge in [0.2, 0.25) is 12.8 Å². The fourth-order valence-electron chi connectivity index (χ4n) is 1.51. The molecule has 0 aliphatic carbocycles. The zero-order valence-corrected chi connectivity index (χ0v) is 27.9. The summed E-state index contributed by atoms with van der Waals surface area (Å²) >= 11 is 11.3. The first-order valence-corrected chi connectivity index (χ1v) is 20.1. The summed E-state index contributed by atoms with van der Waals surface area (Å²) in [6.07, 6.45) is 1.38. The SMILES string of the molecule is O=C(NCSC/N=C/OOCSCSCO)OCSCCSCOO/C=N\CSCNC(=O)OCSCSCO. The maximum absolute atomic E-state index is 11.6. The van der Waals surface area contributed by atoms with Crippen LogP contribution in [0.2, 0.25) is 0 Å². The van der Waals surface area contributed by atoms with Crippen LogP contribution in [0.15, 0.2) is 9.98 Å². The number of carbonyl (C=O) groups excluding carboxylic acids is 2. The molecule has 0 saturated heterocycles. The maximum Gasteiger partial charge on any atom is 0.408 e. The van der Waals surface area contributed by atoms with Crippen molar-refractivity contribution in [2.24, 2.45) is 9.98 Å². The third-order valence-corrected chi connectivity index (χ3v) is 9.77. The molecule has 4 N–H and O–H groups in total. The summed E-state index contributed by atoms with van der Waals surface area (Å²) in [6.45, 7) is 0. The lowest BCUT2D eigenvalue weighted by Gasteiger charge is -2.06. The third-order valence-electron chi connectivity index (χ3n) is 3.04. The summed E-state index contributed by atoms with van der Waals surface area (Å²) in [5.74, 6) is 4.28. The van der Waals surface area contributed by atoms with Gasteiger partial charge in [-0.05, 0) is 0 Å². The Morgan fingerprint density at radius 1 is 0.625 bits per heavy atom. The Bertz CT molecular complexity index is 649. The van der Waals surface area contributed by atoms with Crippen LogP contribution < -0.4 is 10.6 Å². The number of aliphatic hydroxyl groups is 2. The van der Waals surface area contributed by atoms with Crippen molar-refractivity contribution < 1.29 is 48.8 Å². The molecule has 0 aliphatic heterocycles. The maximum atomic E-state index is 11.6. The quantitative estimate of drug-likeness (QED) is 0.0219. The second kappa shape index (κ2) is 35.3. The largest absolute Gasteiger partial charge is 0.438 e. The van der Waals surface area contributed by atoms with Gasteiger partial charge in [-0.15, -0.1) is 94.1 Å². The first-order valence-electron chi connectivity index (χ1n) is 10.9. The normalized spacial score (nSPS) is 11.2. The smallest absolute Gasteiger partial charge is 0.408 e. The van der Waals surface area contributed by atoms with Crippen LogP contribution in [0.25, 0.3) is 0 Å². The van der Waals surface area contributed by atoms with Gasteiger partial charge in [-0.2, -0.15) is 9.78 Å². The number of nitrogens with one attached hydrogen (secondary N) is 2. The second-order valence-corrected chi connectivity index (χ2v) is 14.3. The molecule has 0 spiro atoms. The molecule has 14 nitrogen and oxygen atoms in total. The molecular weight excluding hydrogens is 689 g/mol. The molecular formula is C18H34N4O10S8. The summed E-state index contributed by atoms with van der Waals surface area (Å²) < 4.78 is 9.99. The Morgan fingerprint density at radius 2 is 1.07 bits per heavy atom. The Labute approximate surface area is 267 Å². The monoisotopic (exact) mass is 722 g/mol. The first kappa shape index (κ1) is 40.1. The molecule has 0 atom stereocenters. The fraction of sp³-hybridized carbons (Fsp3) is 0.778. The van der Waals surface area contributed by atoms with E-state index in [1.165, 1.54) is 107 Å². The highest BCUT2D eigenvalue weighted by Crippen LogP contribution is 2.11. The lowest BCUT2D eigenvalue weighted by molar-refractivity contribution is -0.196. The summed E-state index contributed by atoms with van der Waals surface area (Å²) in [6, 6.07) is 0. The number of carbonyl (C=O) groups is 2. The van der Waals surface area contributed by atoms with E-state index in [0.717, 1.165) is 11.5 Å². The molecule has 0 rings (SSSR count). The van der Waals surface area contributed by atoms with Crippen molar-refractivity contribution in [2.45, 2.75) is 0 Å². The van der Waals surface area contributed by atoms with Gasteiger partial charge in [-0.1, -0.05) is 0 Å². The van der Waals surface area contributed by atoms with Crippen LogP contribution in [0, 0.1) is 0 Å². The molecule has 0 aromatic rings. The van der Waals surface area contributed by atoms with E-state index in [0.29, 0.717) is 45.6 Å². The van der Waals surface area contributed by atoms with Crippen LogP contribution in [-0.2, 0) is 29.0 Å². The summed E-state index contributed by atoms with van der Waals surface area (Å²) in [7, 11) is 0. The van der Waals surface area contributed by atoms with Gasteiger partial charge in [0.15, 0.2) is 0 Å². The van der Waals surface area contributed by atoms with Crippen LogP contribution >= 0.6 is 94.1 Å². The number of aliphatic imine (C=N–C) groups is 2. The standard InChI is InChI=1S/C18H34N4O10S8/c23-9-37-15-39-12-28-18(26)22-8-36-5-19-3-29-31-13-34-2-1-33-11-27-17(25)21-7-35-6-20-4-30-32-14-40-16-38-10-24/h3-4,23-24H,1-2,5-16H2,(H,21,25)(H,22,26)/b19-3-,20-4+. The van der Waals surface area contributed by atoms with E-state index >= 15 is 0 Å². The number of ether oxygens (including phenoxy) is 2. The molecule has 22 heteroatoms. The molecule has 234 valence electrons. The molecule has 0 aromatic heterocycles. The van der Waals surface area contributed by atoms with Crippen molar-refractivity contribution in [2.75, 3.05) is 80.8 Å². The van der Waals surface area contributed by atoms with Crippen LogP contribution in [0.3, 0.4) is 0 Å². The van der Waals surface area contributed by atoms with Gasteiger partial charge in [0, 0.05) is 21.7 Å². The van der Waals surface area contributed by atoms with E-state index in [4.69, 9.17) is 39.2 Å². The molecule has 2 amide bonds. The molecule has 0 aromatic carbocycles. The Kier molecular flexibility index (Phi) is 35.4. The number of hydrogen-bond donors (Lipinski definition) is 4. The Balaban J connectivity index is 3.30. The molecule has 0 bridgehead atoms. The van der Waals surface area contributed by atoms with Gasteiger partial charge in [-0.25, -0.2) is 19.6 Å². The van der Waals surface area contributed by atoms with Crippen LogP contribution in [-0.4, -0.2) is 116 Å². The van der Waals surface area contributed by atoms with Gasteiger partial charge in [0.05, 0.1) is 35.4 Å². The summed E-state index contributed by atoms with van der Waals surface area (Å²) in [5.41, 5.74) is 0. The van der Waals surface area contributed by atoms with E-state index < -0.39 is 12.2 Å². The number of nitrogens with zero attached hydrogens (tertiary/aromatic N) is 2. The average Bonchev–Trinajstić information content (AvgIpc) is 2.95. The minimum Gasteiger partial charge on any atom is -0.438 e. The van der Waals surface area contributed by atoms with E-state index in [2.05, 4.69) is 20.6 Å². The predicted octanol–water partition coefficient (Wildman–Crippen LogP) is 3.73. The summed E-state index contributed by atoms with van der Waals surface area (Å²) in [4.78, 5) is 50.3. The highest BCUT2D eigenvalue weighted by atomic mass is 32.2. The fourth-order valence-corrected chi connectivity index (χ4v) is 6.36. The minimum absolute atomic E-state index is 0.0456. The number of hydrogen-bond acceptors (Lipinski definition) is 20. The molecule has 0 saturated carbocycles. The van der Waals surface area contributed by atoms with Crippen molar-refractivity contribution in [3.05, 3.63) is 0 Å². The minimum atomic E-state index is -0.505. The summed E-state index contributed by atoms with van der Waals surface area (Å²) in [5, 5.41) is 23.8. The van der Waals surface area contributed by atoms with Gasteiger partial charge in [0.25, 0.3) is 0 Å². The lowest BCUT2D eigenvalue weighted by Crippen LogP contribution is -2.23. The van der Waals surface area contributed by atoms with Crippen molar-refractivity contribution in [3.8, 4) is 0 Å². The Morgan fingerprint density at radius 3 is 1.60 bits per heavy atom. The number of alkyl carbamates (subject to hydrolysis) is 2. The van der Waals surface area contributed by atoms with Gasteiger partial charge in [0.1, 0.15) is 23.8 Å². The lowest BCUT2D eigenvalue weighted by atomic mass is 11.0. The van der Waals surface area contributed by atoms with Crippen molar-refractivity contribution in [3.63, 3.8) is 0 Å². The van der Waals surface area contributed by atoms with Crippen molar-refractivity contribution in [1.82, 2.24) is 10.6 Å². The van der Waals surface area contributed by atoms with E-state index in [1.807, 2.05) is 0 Å². The third kappa shape index (κ3) is 34.3. The molecule has 0 radical (unpaired) electrons. The van der Waals surface area contributed by atoms with Crippen molar-refractivity contribution in [1.29, 1.82) is 0 Å². The van der Waals surface area contributed by atoms with Crippen LogP contribution in [0.4, 0.5) is 9.59 Å². The van der Waals surface area contributed by atoms with Crippen molar-refractivity contribution >= 4 is 119 Å². The second-order valence-electron chi connectivity index (χ2n) is 5.77. The first-order chi connectivity index (χ1) is 19.7. The highest BCUT2D eigenvalue weighted by Gasteiger charge is 2.02. The van der Waals surface area contributed by atoms with E-state index in [9.17, 15) is 9.59 Å². The zero-order valence-electron chi connectivity index (χ0n) is 21.4. The predicted molar refractivity (Wildman–Crippen MR) is 174 cm³/mol. The topological polar surface area (TPSA) is 179 Å². The number of thioether (sulfide) groups is 8. The molecule has 0 heterocycles. The van der Waals surface area contributed by atoms with E-state index in [1.54, 1.807) is 0 Å². The van der Waals surface area contributed by atoms with Gasteiger partial charge >= 0.3 is 12.2 Å². The average molecular weight is 723 g/mol. The van der Waals surface area contributed by atoms with Crippen LogP contribution in [0.1, 0.15) is 0 Å². The highest BCUT2D eigenvalue weighted by molar-refractivity contribution is 8.16. The Hall–Kier alpha value is 0.120. The number of aliphatic hydroxyl groups excluding tert-OH is 2. The molecule has 0 aliphatic rings. The van der Waals surface area contributed by atoms with E-state index in [-0.39, 0.29) is 23.8 Å². The van der Waals surface area contributed by atoms with Gasteiger partial charge in [-0.3, -0.25) is 0 Å². The number of rotatable bonds is 29.